The number of nitrogens with zero attached hydrogens (tertiary/aromatic N) is 2. The third kappa shape index (κ3) is 4.76. The molecule has 0 aliphatic rings. The maximum absolute atomic E-state index is 9.27. The summed E-state index contributed by atoms with van der Waals surface area (Å²) in [6.45, 7) is 6.10. The van der Waals surface area contributed by atoms with E-state index in [-0.39, 0.29) is 24.4 Å². The third-order valence-corrected chi connectivity index (χ3v) is 4.58. The molecule has 0 aliphatic carbocycles. The van der Waals surface area contributed by atoms with E-state index in [1.807, 2.05) is 19.1 Å². The van der Waals surface area contributed by atoms with Crippen molar-refractivity contribution < 1.29 is 14.6 Å². The fourth-order valence-corrected chi connectivity index (χ4v) is 2.84. The van der Waals surface area contributed by atoms with Crippen LogP contribution in [0.5, 0.6) is 17.2 Å². The molecule has 2 aromatic rings. The lowest BCUT2D eigenvalue weighted by Gasteiger charge is -2.18. The Kier molecular flexibility index (Phi) is 7.05. The number of hydrogen-bond donors (Lipinski definition) is 3. The Morgan fingerprint density at radius 1 is 1.27 bits per heavy atom. The number of aliphatic hydroxyl groups excluding tert-OH is 1. The molecular formula is C18H25BrN4O3. The molecule has 1 aromatic heterocycles. The minimum atomic E-state index is -0.119. The van der Waals surface area contributed by atoms with E-state index in [0.29, 0.717) is 17.4 Å². The second-order valence-electron chi connectivity index (χ2n) is 6.16. The van der Waals surface area contributed by atoms with E-state index < -0.39 is 0 Å². The topological polar surface area (TPSA) is 103 Å². The highest BCUT2D eigenvalue weighted by molar-refractivity contribution is 9.10. The van der Waals surface area contributed by atoms with Gasteiger partial charge in [-0.1, -0.05) is 20.8 Å². The van der Waals surface area contributed by atoms with Crippen LogP contribution in [0.4, 0.5) is 11.8 Å². The molecule has 4 N–H and O–H groups in total. The zero-order valence-electron chi connectivity index (χ0n) is 15.4. The molecule has 2 rings (SSSR count). The molecule has 0 aliphatic heterocycles. The molecule has 0 fully saturated rings. The van der Waals surface area contributed by atoms with Gasteiger partial charge in [-0.05, 0) is 40.4 Å². The molecule has 0 saturated heterocycles. The Balaban J connectivity index is 2.29. The average Bonchev–Trinajstić information content (AvgIpc) is 2.61. The first-order valence-corrected chi connectivity index (χ1v) is 9.24. The second kappa shape index (κ2) is 9.05. The summed E-state index contributed by atoms with van der Waals surface area (Å²) in [5.74, 6) is 2.56. The molecule has 1 aromatic carbocycles. The van der Waals surface area contributed by atoms with Gasteiger partial charge in [0.05, 0.1) is 30.4 Å². The van der Waals surface area contributed by atoms with Crippen molar-refractivity contribution >= 4 is 27.7 Å². The fourth-order valence-electron chi connectivity index (χ4n) is 2.36. The van der Waals surface area contributed by atoms with Crippen molar-refractivity contribution in [1.29, 1.82) is 0 Å². The number of hydrogen-bond acceptors (Lipinski definition) is 7. The molecule has 142 valence electrons. The van der Waals surface area contributed by atoms with Gasteiger partial charge in [0, 0.05) is 5.56 Å². The van der Waals surface area contributed by atoms with E-state index in [0.717, 1.165) is 22.2 Å². The number of benzene rings is 1. The van der Waals surface area contributed by atoms with Gasteiger partial charge in [-0.25, -0.2) is 4.98 Å². The fraction of sp³-hybridized carbons (Fsp3) is 0.444. The van der Waals surface area contributed by atoms with Crippen LogP contribution in [0, 0.1) is 0 Å². The summed E-state index contributed by atoms with van der Waals surface area (Å²) in [4.78, 5) is 8.45. The lowest BCUT2D eigenvalue weighted by atomic mass is 10.0. The first-order valence-electron chi connectivity index (χ1n) is 8.44. The number of rotatable bonds is 8. The SMILES string of the molecule is CC[C@@H](CO)Nc1ncc(Oc2cc(Br)c(OC)cc2C(C)C)c(N)n1. The maximum Gasteiger partial charge on any atom is 0.225 e. The van der Waals surface area contributed by atoms with Crippen LogP contribution < -0.4 is 20.5 Å². The van der Waals surface area contributed by atoms with Crippen LogP contribution >= 0.6 is 15.9 Å². The second-order valence-corrected chi connectivity index (χ2v) is 7.01. The van der Waals surface area contributed by atoms with E-state index in [4.69, 9.17) is 15.2 Å². The molecule has 26 heavy (non-hydrogen) atoms. The van der Waals surface area contributed by atoms with Gasteiger partial charge in [-0.2, -0.15) is 4.98 Å². The Bertz CT molecular complexity index is 751. The molecule has 7 nitrogen and oxygen atoms in total. The number of ether oxygens (including phenoxy) is 2. The maximum atomic E-state index is 9.27. The van der Waals surface area contributed by atoms with E-state index in [1.54, 1.807) is 7.11 Å². The number of nitrogens with one attached hydrogen (secondary N) is 1. The summed E-state index contributed by atoms with van der Waals surface area (Å²) in [7, 11) is 1.62. The van der Waals surface area contributed by atoms with Gasteiger partial charge in [0.2, 0.25) is 5.95 Å². The zero-order chi connectivity index (χ0) is 19.3. The smallest absolute Gasteiger partial charge is 0.225 e. The van der Waals surface area contributed by atoms with Gasteiger partial charge in [-0.15, -0.1) is 0 Å². The summed E-state index contributed by atoms with van der Waals surface area (Å²) in [6, 6.07) is 3.66. The Morgan fingerprint density at radius 3 is 2.54 bits per heavy atom. The van der Waals surface area contributed by atoms with Crippen LogP contribution in [-0.4, -0.2) is 34.8 Å². The quantitative estimate of drug-likeness (QED) is 0.589. The summed E-state index contributed by atoms with van der Waals surface area (Å²) in [5.41, 5.74) is 7.02. The Hall–Kier alpha value is -2.06. The first-order chi connectivity index (χ1) is 12.4. The molecule has 0 amide bonds. The largest absolute Gasteiger partial charge is 0.496 e. The van der Waals surface area contributed by atoms with Crippen molar-refractivity contribution in [2.45, 2.75) is 39.2 Å². The molecule has 1 heterocycles. The normalized spacial score (nSPS) is 12.1. The standard InChI is InChI=1S/C18H25BrN4O3/c1-5-11(9-24)22-18-21-8-16(17(20)23-18)26-14-7-13(19)15(25-4)6-12(14)10(2)3/h6-8,10-11,24H,5,9H2,1-4H3,(H3,20,21,22,23)/t11-/m0/s1. The first kappa shape index (κ1) is 20.3. The molecular weight excluding hydrogens is 400 g/mol. The molecule has 0 saturated carbocycles. The number of aromatic nitrogens is 2. The highest BCUT2D eigenvalue weighted by Gasteiger charge is 2.16. The van der Waals surface area contributed by atoms with Gasteiger partial charge >= 0.3 is 0 Å². The predicted molar refractivity (Wildman–Crippen MR) is 106 cm³/mol. The van der Waals surface area contributed by atoms with Gasteiger partial charge in [0.25, 0.3) is 0 Å². The van der Waals surface area contributed by atoms with Crippen LogP contribution in [0.3, 0.4) is 0 Å². The number of nitrogen functional groups attached to an aromatic ring is 1. The van der Waals surface area contributed by atoms with Gasteiger partial charge in [-0.3, -0.25) is 0 Å². The minimum absolute atomic E-state index is 0.00433. The zero-order valence-corrected chi connectivity index (χ0v) is 17.0. The van der Waals surface area contributed by atoms with E-state index in [2.05, 4.69) is 45.1 Å². The van der Waals surface area contributed by atoms with Gasteiger partial charge < -0.3 is 25.6 Å². The number of aliphatic hydroxyl groups is 1. The molecule has 0 unspecified atom stereocenters. The number of methoxy groups -OCH3 is 1. The molecule has 0 bridgehead atoms. The van der Waals surface area contributed by atoms with Crippen molar-refractivity contribution in [3.63, 3.8) is 0 Å². The third-order valence-electron chi connectivity index (χ3n) is 3.96. The van der Waals surface area contributed by atoms with Crippen LogP contribution in [0.15, 0.2) is 22.8 Å². The summed E-state index contributed by atoms with van der Waals surface area (Å²) in [6.07, 6.45) is 2.27. The summed E-state index contributed by atoms with van der Waals surface area (Å²) < 4.78 is 12.1. The van der Waals surface area contributed by atoms with Crippen molar-refractivity contribution in [2.75, 3.05) is 24.8 Å². The monoisotopic (exact) mass is 424 g/mol. The highest BCUT2D eigenvalue weighted by Crippen LogP contribution is 2.39. The highest BCUT2D eigenvalue weighted by atomic mass is 79.9. The van der Waals surface area contributed by atoms with Crippen LogP contribution in [0.1, 0.15) is 38.7 Å². The minimum Gasteiger partial charge on any atom is -0.496 e. The molecule has 1 atom stereocenters. The van der Waals surface area contributed by atoms with E-state index in [1.165, 1.54) is 6.20 Å². The van der Waals surface area contributed by atoms with E-state index >= 15 is 0 Å². The number of anilines is 2. The van der Waals surface area contributed by atoms with Crippen LogP contribution in [0.25, 0.3) is 0 Å². The molecule has 0 spiro atoms. The van der Waals surface area contributed by atoms with Gasteiger partial charge in [0.1, 0.15) is 11.5 Å². The van der Waals surface area contributed by atoms with Crippen molar-refractivity contribution in [3.05, 3.63) is 28.4 Å². The lowest BCUT2D eigenvalue weighted by Crippen LogP contribution is -2.24. The van der Waals surface area contributed by atoms with E-state index in [9.17, 15) is 5.11 Å². The van der Waals surface area contributed by atoms with Crippen LogP contribution in [0.2, 0.25) is 0 Å². The van der Waals surface area contributed by atoms with Crippen LogP contribution in [-0.2, 0) is 0 Å². The van der Waals surface area contributed by atoms with Crippen molar-refractivity contribution in [2.24, 2.45) is 0 Å². The van der Waals surface area contributed by atoms with Crippen molar-refractivity contribution in [3.8, 4) is 17.2 Å². The van der Waals surface area contributed by atoms with Crippen molar-refractivity contribution in [1.82, 2.24) is 9.97 Å². The number of nitrogens with two attached hydrogens (primary N) is 1. The summed E-state index contributed by atoms with van der Waals surface area (Å²) >= 11 is 3.48. The molecule has 8 heteroatoms. The Labute approximate surface area is 162 Å². The molecule has 0 radical (unpaired) electrons. The predicted octanol–water partition coefficient (Wildman–Crippen LogP) is 3.93. The van der Waals surface area contributed by atoms with Gasteiger partial charge in [0.15, 0.2) is 11.6 Å². The Morgan fingerprint density at radius 2 is 2.00 bits per heavy atom. The summed E-state index contributed by atoms with van der Waals surface area (Å²) in [5, 5.41) is 12.3. The average molecular weight is 425 g/mol. The number of halogens is 1. The lowest BCUT2D eigenvalue weighted by molar-refractivity contribution is 0.271.